The second-order valence-electron chi connectivity index (χ2n) is 16.1. The molecule has 1 saturated heterocycles. The van der Waals surface area contributed by atoms with Crippen molar-refractivity contribution in [2.24, 2.45) is 5.41 Å². The van der Waals surface area contributed by atoms with E-state index in [-0.39, 0.29) is 78.7 Å². The first-order chi connectivity index (χ1) is 31.6. The molecule has 5 amide bonds. The molecule has 2 aliphatic heterocycles. The van der Waals surface area contributed by atoms with E-state index in [9.17, 15) is 28.4 Å². The van der Waals surface area contributed by atoms with E-state index in [2.05, 4.69) is 26.3 Å². The topological polar surface area (TPSA) is 199 Å². The normalized spacial score (nSPS) is 19.1. The summed E-state index contributed by atoms with van der Waals surface area (Å²) in [6, 6.07) is 14.7. The zero-order chi connectivity index (χ0) is 45.6. The summed E-state index contributed by atoms with van der Waals surface area (Å²) in [5.74, 6) is -1.26. The first-order valence-corrected chi connectivity index (χ1v) is 23.2. The Kier molecular flexibility index (Phi) is 18.6. The molecule has 0 bridgehead atoms. The van der Waals surface area contributed by atoms with Crippen molar-refractivity contribution in [2.45, 2.75) is 82.9 Å². The van der Waals surface area contributed by atoms with Gasteiger partial charge in [-0.15, -0.1) is 23.7 Å². The molecule has 1 saturated carbocycles. The molecule has 4 aromatic rings. The van der Waals surface area contributed by atoms with Crippen molar-refractivity contribution in [3.05, 3.63) is 93.8 Å². The van der Waals surface area contributed by atoms with Crippen molar-refractivity contribution in [1.82, 2.24) is 25.5 Å². The van der Waals surface area contributed by atoms with E-state index in [1.54, 1.807) is 36.5 Å². The highest BCUT2D eigenvalue weighted by Crippen LogP contribution is 2.41. The van der Waals surface area contributed by atoms with Crippen LogP contribution >= 0.6 is 35.3 Å². The van der Waals surface area contributed by atoms with E-state index >= 15 is 0 Å². The number of nitrogens with one attached hydrogen (secondary N) is 4. The fourth-order valence-corrected chi connectivity index (χ4v) is 8.96. The monoisotopic (exact) mass is 969 g/mol. The number of hydrogen-bond donors (Lipinski definition) is 4. The standard InChI is InChI=1S/C46H53ClFN7O9S.ClH/c47-34-8-5-10-37(41(34)48)64-31-15-17-46(18-16-31,28-30-6-3-11-38(51-30)53-45-50-20-27-65-45)44(60)49-19-22-62-24-26-63-25-23-61-21-2-1-12-39(56)52-35-9-4-7-32-33(35)29-55(43(32)59)36-13-14-40(57)54-42(36)58;/h3-11,20,27,31,36H,1-2,12-19,21-26,28-29H2,(H,49,60)(H,52,56)(H,50,51,53)(H,54,57,58);1H. The molecule has 354 valence electrons. The lowest BCUT2D eigenvalue weighted by Crippen LogP contribution is -2.52. The predicted octanol–water partition coefficient (Wildman–Crippen LogP) is 6.78. The summed E-state index contributed by atoms with van der Waals surface area (Å²) in [4.78, 5) is 74.3. The van der Waals surface area contributed by atoms with Gasteiger partial charge >= 0.3 is 0 Å². The van der Waals surface area contributed by atoms with Gasteiger partial charge in [0, 0.05) is 73.0 Å². The number of rotatable bonds is 23. The fraction of sp³-hybridized carbons (Fsp3) is 0.457. The molecular weight excluding hydrogens is 917 g/mol. The molecule has 0 radical (unpaired) electrons. The van der Waals surface area contributed by atoms with Crippen molar-refractivity contribution >= 4 is 81.5 Å². The number of amides is 5. The predicted molar refractivity (Wildman–Crippen MR) is 248 cm³/mol. The van der Waals surface area contributed by atoms with Gasteiger partial charge in [0.15, 0.2) is 16.7 Å². The van der Waals surface area contributed by atoms with Gasteiger partial charge in [0.25, 0.3) is 5.91 Å². The number of unbranched alkanes of at least 4 members (excludes halogenated alkanes) is 1. The molecule has 1 aliphatic carbocycles. The van der Waals surface area contributed by atoms with Crippen LogP contribution in [0.15, 0.2) is 66.2 Å². The van der Waals surface area contributed by atoms with Crippen LogP contribution in [0.3, 0.4) is 0 Å². The Morgan fingerprint density at radius 3 is 2.42 bits per heavy atom. The third-order valence-corrected chi connectivity index (χ3v) is 12.6. The van der Waals surface area contributed by atoms with Gasteiger partial charge < -0.3 is 39.8 Å². The van der Waals surface area contributed by atoms with Crippen molar-refractivity contribution in [3.8, 4) is 5.75 Å². The number of anilines is 3. The summed E-state index contributed by atoms with van der Waals surface area (Å²) in [7, 11) is 0. The Hall–Kier alpha value is -5.24. The number of piperidine rings is 1. The quantitative estimate of drug-likeness (QED) is 0.0450. The van der Waals surface area contributed by atoms with E-state index in [4.69, 9.17) is 35.5 Å². The first kappa shape index (κ1) is 50.2. The fourth-order valence-electron chi connectivity index (χ4n) is 8.26. The number of thiazole rings is 1. The van der Waals surface area contributed by atoms with Crippen LogP contribution in [0.4, 0.5) is 21.0 Å². The van der Waals surface area contributed by atoms with Crippen LogP contribution in [0.1, 0.15) is 79.4 Å². The molecule has 2 fully saturated rings. The number of nitrogens with zero attached hydrogens (tertiary/aromatic N) is 3. The lowest BCUT2D eigenvalue weighted by molar-refractivity contribution is -0.137. The molecule has 2 aromatic heterocycles. The molecule has 7 rings (SSSR count). The van der Waals surface area contributed by atoms with Gasteiger partial charge in [-0.25, -0.2) is 14.4 Å². The minimum absolute atomic E-state index is 0. The molecule has 66 heavy (non-hydrogen) atoms. The molecule has 16 nitrogen and oxygen atoms in total. The SMILES string of the molecule is Cl.O=C1CCC(N2Cc3c(NC(=O)CCCCOCCOCCOCCNC(=O)C4(Cc5cccc(Nc6nccs6)n5)CCC(Oc5cccc(Cl)c5F)CC4)cccc3C2=O)C(=O)N1. The Balaban J connectivity index is 0.00000720. The highest BCUT2D eigenvalue weighted by Gasteiger charge is 2.43. The van der Waals surface area contributed by atoms with E-state index in [1.165, 1.54) is 22.3 Å². The van der Waals surface area contributed by atoms with Gasteiger partial charge in [-0.1, -0.05) is 29.8 Å². The maximum atomic E-state index is 14.6. The third-order valence-electron chi connectivity index (χ3n) is 11.6. The van der Waals surface area contributed by atoms with Crippen molar-refractivity contribution in [3.63, 3.8) is 0 Å². The zero-order valence-corrected chi connectivity index (χ0v) is 38.7. The van der Waals surface area contributed by atoms with Crippen LogP contribution < -0.4 is 26.0 Å². The Labute approximate surface area is 397 Å². The van der Waals surface area contributed by atoms with Crippen LogP contribution in [-0.4, -0.2) is 103 Å². The van der Waals surface area contributed by atoms with Gasteiger partial charge in [0.1, 0.15) is 11.9 Å². The van der Waals surface area contributed by atoms with E-state index < -0.39 is 23.2 Å². The number of pyridine rings is 1. The van der Waals surface area contributed by atoms with Gasteiger partial charge in [0.05, 0.1) is 49.6 Å². The average Bonchev–Trinajstić information content (AvgIpc) is 3.93. The van der Waals surface area contributed by atoms with Gasteiger partial charge in [-0.05, 0) is 81.3 Å². The number of aromatic nitrogens is 2. The zero-order valence-electron chi connectivity index (χ0n) is 36.3. The lowest BCUT2D eigenvalue weighted by Gasteiger charge is -2.39. The number of hydrogen-bond acceptors (Lipinski definition) is 13. The Morgan fingerprint density at radius 2 is 1.67 bits per heavy atom. The summed E-state index contributed by atoms with van der Waals surface area (Å²) in [6.07, 6.45) is 5.94. The summed E-state index contributed by atoms with van der Waals surface area (Å²) in [5.41, 5.74) is 1.64. The van der Waals surface area contributed by atoms with Gasteiger partial charge in [-0.2, -0.15) is 0 Å². The summed E-state index contributed by atoms with van der Waals surface area (Å²) >= 11 is 7.44. The molecule has 4 N–H and O–H groups in total. The Bertz CT molecular complexity index is 2300. The van der Waals surface area contributed by atoms with E-state index in [1.807, 2.05) is 23.6 Å². The molecule has 4 heterocycles. The largest absolute Gasteiger partial charge is 0.487 e. The van der Waals surface area contributed by atoms with Crippen LogP contribution in [0, 0.1) is 11.2 Å². The number of fused-ring (bicyclic) bond motifs is 1. The average molecular weight is 971 g/mol. The van der Waals surface area contributed by atoms with Gasteiger partial charge in [-0.3, -0.25) is 29.3 Å². The van der Waals surface area contributed by atoms with Crippen molar-refractivity contribution in [1.29, 1.82) is 0 Å². The van der Waals surface area contributed by atoms with E-state index in [0.717, 1.165) is 10.8 Å². The van der Waals surface area contributed by atoms with Crippen LogP contribution in [0.5, 0.6) is 5.75 Å². The van der Waals surface area contributed by atoms with Crippen LogP contribution in [-0.2, 0) is 46.4 Å². The second kappa shape index (κ2) is 24.5. The second-order valence-corrected chi connectivity index (χ2v) is 17.4. The summed E-state index contributed by atoms with van der Waals surface area (Å²) < 4.78 is 37.7. The first-order valence-electron chi connectivity index (χ1n) is 21.9. The molecule has 20 heteroatoms. The minimum atomic E-state index is -0.759. The molecular formula is C46H54Cl2FN7O9S. The third kappa shape index (κ3) is 13.4. The smallest absolute Gasteiger partial charge is 0.255 e. The summed E-state index contributed by atoms with van der Waals surface area (Å²) in [6.45, 7) is 2.70. The highest BCUT2D eigenvalue weighted by atomic mass is 35.5. The number of carbonyl (C=O) groups excluding carboxylic acids is 5. The molecule has 1 unspecified atom stereocenters. The van der Waals surface area contributed by atoms with Crippen molar-refractivity contribution in [2.75, 3.05) is 56.8 Å². The number of imide groups is 1. The van der Waals surface area contributed by atoms with Crippen molar-refractivity contribution < 1.29 is 47.3 Å². The van der Waals surface area contributed by atoms with Crippen LogP contribution in [0.2, 0.25) is 5.02 Å². The molecule has 1 atom stereocenters. The maximum Gasteiger partial charge on any atom is 0.255 e. The molecule has 0 spiro atoms. The summed E-state index contributed by atoms with van der Waals surface area (Å²) in [5, 5.41) is 14.1. The highest BCUT2D eigenvalue weighted by molar-refractivity contribution is 7.13. The molecule has 3 aliphatic rings. The van der Waals surface area contributed by atoms with Gasteiger partial charge in [0.2, 0.25) is 23.6 Å². The number of ether oxygens (including phenoxy) is 4. The maximum absolute atomic E-state index is 14.6. The number of benzene rings is 2. The minimum Gasteiger partial charge on any atom is -0.487 e. The van der Waals surface area contributed by atoms with E-state index in [0.29, 0.717) is 114 Å². The van der Waals surface area contributed by atoms with Crippen LogP contribution in [0.25, 0.3) is 0 Å². The number of carbonyl (C=O) groups is 5. The molecule has 2 aromatic carbocycles. The Morgan fingerprint density at radius 1 is 0.924 bits per heavy atom. The lowest BCUT2D eigenvalue weighted by atomic mass is 9.69. The number of halogens is 3.